The third kappa shape index (κ3) is 3.97. The maximum atomic E-state index is 13.9. The van der Waals surface area contributed by atoms with Crippen LogP contribution in [-0.4, -0.2) is 27.9 Å². The van der Waals surface area contributed by atoms with E-state index in [1.165, 1.54) is 24.5 Å². The molecular weight excluding hydrogens is 386 g/mol. The number of nitrogens with one attached hydrogen (secondary N) is 1. The minimum absolute atomic E-state index is 0.106. The fraction of sp³-hybridized carbons (Fsp3) is 0.235. The molecule has 1 atom stereocenters. The number of fused-ring (bicyclic) bond motifs is 1. The largest absolute Gasteiger partial charge is 0.322 e. The smallest absolute Gasteiger partial charge is 0.320 e. The Bertz CT molecular complexity index is 876. The highest BCUT2D eigenvalue weighted by atomic mass is 35.5. The fourth-order valence-electron chi connectivity index (χ4n) is 2.80. The summed E-state index contributed by atoms with van der Waals surface area (Å²) in [5, 5.41) is 3.79. The molecule has 0 saturated carbocycles. The molecule has 1 aliphatic heterocycles. The van der Waals surface area contributed by atoms with E-state index in [0.717, 1.165) is 11.1 Å². The van der Waals surface area contributed by atoms with E-state index in [-0.39, 0.29) is 10.9 Å². The SMILES string of the molecule is CS(=O)c1ccc(NC(=O)N2CCc3c(Cl)cc(Cl)cc3C2)cc1F. The summed E-state index contributed by atoms with van der Waals surface area (Å²) in [6.45, 7) is 0.876. The van der Waals surface area contributed by atoms with Crippen molar-refractivity contribution in [3.05, 3.63) is 57.3 Å². The average molecular weight is 401 g/mol. The molecular formula is C17H15Cl2FN2O2S. The zero-order valence-corrected chi connectivity index (χ0v) is 15.6. The van der Waals surface area contributed by atoms with Gasteiger partial charge >= 0.3 is 6.03 Å². The Labute approximate surface area is 157 Å². The highest BCUT2D eigenvalue weighted by Gasteiger charge is 2.23. The van der Waals surface area contributed by atoms with E-state index in [4.69, 9.17) is 23.2 Å². The summed E-state index contributed by atoms with van der Waals surface area (Å²) in [6.07, 6.45) is 2.03. The Morgan fingerprint density at radius 3 is 2.72 bits per heavy atom. The van der Waals surface area contributed by atoms with Gasteiger partial charge in [0, 0.05) is 35.1 Å². The molecule has 25 heavy (non-hydrogen) atoms. The van der Waals surface area contributed by atoms with Crippen molar-refractivity contribution >= 4 is 45.7 Å². The molecule has 0 saturated heterocycles. The van der Waals surface area contributed by atoms with Crippen molar-refractivity contribution < 1.29 is 13.4 Å². The molecule has 1 aliphatic rings. The van der Waals surface area contributed by atoms with Crippen LogP contribution in [0.3, 0.4) is 0 Å². The molecule has 0 fully saturated rings. The van der Waals surface area contributed by atoms with E-state index in [2.05, 4.69) is 5.32 Å². The van der Waals surface area contributed by atoms with E-state index in [9.17, 15) is 13.4 Å². The van der Waals surface area contributed by atoms with Crippen LogP contribution in [0.1, 0.15) is 11.1 Å². The van der Waals surface area contributed by atoms with Crippen LogP contribution in [0.2, 0.25) is 10.0 Å². The van der Waals surface area contributed by atoms with E-state index >= 15 is 0 Å². The lowest BCUT2D eigenvalue weighted by molar-refractivity contribution is 0.206. The molecule has 0 spiro atoms. The van der Waals surface area contributed by atoms with E-state index in [1.54, 1.807) is 17.0 Å². The minimum Gasteiger partial charge on any atom is -0.320 e. The molecule has 4 nitrogen and oxygen atoms in total. The molecule has 2 aromatic carbocycles. The highest BCUT2D eigenvalue weighted by Crippen LogP contribution is 2.30. The lowest BCUT2D eigenvalue weighted by Gasteiger charge is -2.29. The monoisotopic (exact) mass is 400 g/mol. The number of hydrogen-bond acceptors (Lipinski definition) is 2. The number of urea groups is 1. The summed E-state index contributed by atoms with van der Waals surface area (Å²) in [4.78, 5) is 14.2. The normalized spacial score (nSPS) is 14.8. The number of anilines is 1. The third-order valence-electron chi connectivity index (χ3n) is 4.03. The Morgan fingerprint density at radius 2 is 2.04 bits per heavy atom. The quantitative estimate of drug-likeness (QED) is 0.808. The predicted octanol–water partition coefficient (Wildman–Crippen LogP) is 4.46. The van der Waals surface area contributed by atoms with E-state index in [0.29, 0.717) is 35.2 Å². The van der Waals surface area contributed by atoms with Crippen LogP contribution in [0.4, 0.5) is 14.9 Å². The highest BCUT2D eigenvalue weighted by molar-refractivity contribution is 7.84. The molecule has 8 heteroatoms. The second-order valence-corrected chi connectivity index (χ2v) is 7.92. The summed E-state index contributed by atoms with van der Waals surface area (Å²) >= 11 is 12.2. The Kier molecular flexibility index (Phi) is 5.32. The first-order valence-corrected chi connectivity index (χ1v) is 9.82. The molecule has 0 aromatic heterocycles. The number of rotatable bonds is 2. The van der Waals surface area contributed by atoms with Gasteiger partial charge in [0.25, 0.3) is 0 Å². The van der Waals surface area contributed by atoms with Crippen LogP contribution in [0.25, 0.3) is 0 Å². The second kappa shape index (κ2) is 7.32. The van der Waals surface area contributed by atoms with Crippen LogP contribution in [0.15, 0.2) is 35.2 Å². The zero-order chi connectivity index (χ0) is 18.1. The van der Waals surface area contributed by atoms with Crippen LogP contribution in [-0.2, 0) is 23.8 Å². The van der Waals surface area contributed by atoms with Crippen molar-refractivity contribution in [3.8, 4) is 0 Å². The van der Waals surface area contributed by atoms with Gasteiger partial charge in [0.1, 0.15) is 5.82 Å². The van der Waals surface area contributed by atoms with Gasteiger partial charge in [-0.05, 0) is 47.9 Å². The molecule has 3 rings (SSSR count). The number of hydrogen-bond donors (Lipinski definition) is 1. The van der Waals surface area contributed by atoms with Crippen molar-refractivity contribution in [3.63, 3.8) is 0 Å². The van der Waals surface area contributed by atoms with Crippen molar-refractivity contribution in [2.45, 2.75) is 17.9 Å². The summed E-state index contributed by atoms with van der Waals surface area (Å²) in [5.41, 5.74) is 2.21. The molecule has 2 aromatic rings. The fourth-order valence-corrected chi connectivity index (χ4v) is 4.02. The predicted molar refractivity (Wildman–Crippen MR) is 98.3 cm³/mol. The summed E-state index contributed by atoms with van der Waals surface area (Å²) < 4.78 is 25.3. The molecule has 1 N–H and O–H groups in total. The maximum absolute atomic E-state index is 13.9. The topological polar surface area (TPSA) is 49.4 Å². The third-order valence-corrected chi connectivity index (χ3v) is 5.53. The van der Waals surface area contributed by atoms with Gasteiger partial charge < -0.3 is 10.2 Å². The van der Waals surface area contributed by atoms with Crippen molar-refractivity contribution in [2.24, 2.45) is 0 Å². The van der Waals surface area contributed by atoms with Gasteiger partial charge in [0.15, 0.2) is 0 Å². The Balaban J connectivity index is 1.74. The Morgan fingerprint density at radius 1 is 1.28 bits per heavy atom. The molecule has 1 heterocycles. The van der Waals surface area contributed by atoms with Crippen LogP contribution >= 0.6 is 23.2 Å². The lowest BCUT2D eigenvalue weighted by Crippen LogP contribution is -2.39. The number of carbonyl (C=O) groups is 1. The van der Waals surface area contributed by atoms with Gasteiger partial charge in [-0.1, -0.05) is 23.2 Å². The molecule has 0 radical (unpaired) electrons. The summed E-state index contributed by atoms with van der Waals surface area (Å²) in [7, 11) is -1.42. The van der Waals surface area contributed by atoms with Crippen molar-refractivity contribution in [2.75, 3.05) is 18.1 Å². The van der Waals surface area contributed by atoms with Gasteiger partial charge in [0.05, 0.1) is 15.7 Å². The zero-order valence-electron chi connectivity index (χ0n) is 13.3. The van der Waals surface area contributed by atoms with E-state index in [1.807, 2.05) is 0 Å². The number of benzene rings is 2. The first-order chi connectivity index (χ1) is 11.8. The average Bonchev–Trinajstić information content (AvgIpc) is 2.53. The second-order valence-electron chi connectivity index (χ2n) is 5.73. The molecule has 132 valence electrons. The first kappa shape index (κ1) is 18.2. The molecule has 2 amide bonds. The van der Waals surface area contributed by atoms with Crippen LogP contribution < -0.4 is 5.32 Å². The number of nitrogens with zero attached hydrogens (tertiary/aromatic N) is 1. The number of amides is 2. The summed E-state index contributed by atoms with van der Waals surface area (Å²) in [6, 6.07) is 7.26. The standard InChI is InChI=1S/C17H15Cl2FN2O2S/c1-25(24)16-3-2-12(8-15(16)20)21-17(23)22-5-4-13-10(9-22)6-11(18)7-14(13)19/h2-3,6-8H,4-5,9H2,1H3,(H,21,23). The van der Waals surface area contributed by atoms with Gasteiger partial charge in [-0.3, -0.25) is 4.21 Å². The number of halogens is 3. The van der Waals surface area contributed by atoms with Crippen LogP contribution in [0.5, 0.6) is 0 Å². The maximum Gasteiger partial charge on any atom is 0.322 e. The lowest BCUT2D eigenvalue weighted by atomic mass is 10.00. The van der Waals surface area contributed by atoms with Gasteiger partial charge in [0.2, 0.25) is 0 Å². The number of carbonyl (C=O) groups excluding carboxylic acids is 1. The Hall–Kier alpha value is -1.63. The van der Waals surface area contributed by atoms with Gasteiger partial charge in [-0.25, -0.2) is 9.18 Å². The molecule has 0 bridgehead atoms. The summed E-state index contributed by atoms with van der Waals surface area (Å²) in [5.74, 6) is -0.610. The first-order valence-electron chi connectivity index (χ1n) is 7.51. The van der Waals surface area contributed by atoms with Gasteiger partial charge in [-0.15, -0.1) is 0 Å². The van der Waals surface area contributed by atoms with Crippen LogP contribution in [0, 0.1) is 5.82 Å². The van der Waals surface area contributed by atoms with E-state index < -0.39 is 16.6 Å². The molecule has 0 aliphatic carbocycles. The minimum atomic E-state index is -1.42. The molecule has 1 unspecified atom stereocenters. The van der Waals surface area contributed by atoms with Crippen molar-refractivity contribution in [1.82, 2.24) is 4.90 Å². The van der Waals surface area contributed by atoms with Crippen molar-refractivity contribution in [1.29, 1.82) is 0 Å². The van der Waals surface area contributed by atoms with Gasteiger partial charge in [-0.2, -0.15) is 0 Å².